The summed E-state index contributed by atoms with van der Waals surface area (Å²) in [5, 5.41) is 9.21. The molecule has 2 saturated heterocycles. The van der Waals surface area contributed by atoms with Gasteiger partial charge in [-0.05, 0) is 25.0 Å². The van der Waals surface area contributed by atoms with Gasteiger partial charge in [-0.3, -0.25) is 4.98 Å². The van der Waals surface area contributed by atoms with Crippen LogP contribution in [0.2, 0.25) is 0 Å². The summed E-state index contributed by atoms with van der Waals surface area (Å²) in [6.45, 7) is 1.85. The molecule has 2 aliphatic heterocycles. The third-order valence-electron chi connectivity index (χ3n) is 4.40. The molecule has 3 rings (SSSR count). The molecule has 3 heterocycles. The molecule has 0 amide bonds. The van der Waals surface area contributed by atoms with Crippen LogP contribution in [0.15, 0.2) is 18.3 Å². The topological polar surface area (TPSA) is 55.1 Å². The lowest BCUT2D eigenvalue weighted by Gasteiger charge is -2.44. The molecule has 0 saturated carbocycles. The maximum Gasteiger partial charge on any atom is 0.141 e. The van der Waals surface area contributed by atoms with Crippen LogP contribution in [0.3, 0.4) is 0 Å². The highest BCUT2D eigenvalue weighted by molar-refractivity contribution is 5.22. The Hall–Kier alpha value is -1.51. The average Bonchev–Trinajstić information content (AvgIpc) is 2.87. The van der Waals surface area contributed by atoms with Gasteiger partial charge in [-0.1, -0.05) is 0 Å². The molecule has 2 atom stereocenters. The summed E-state index contributed by atoms with van der Waals surface area (Å²) in [7, 11) is 0. The second kappa shape index (κ2) is 5.12. The lowest BCUT2D eigenvalue weighted by atomic mass is 9.68. The molecule has 5 heteroatoms. The minimum absolute atomic E-state index is 0.300. The first-order valence-electron chi connectivity index (χ1n) is 6.89. The Balaban J connectivity index is 1.95. The van der Waals surface area contributed by atoms with E-state index in [9.17, 15) is 9.65 Å². The number of rotatable bonds is 2. The van der Waals surface area contributed by atoms with Crippen molar-refractivity contribution in [1.82, 2.24) is 4.98 Å². The number of nitrogens with zero attached hydrogens (tertiary/aromatic N) is 2. The van der Waals surface area contributed by atoms with Crippen LogP contribution in [-0.2, 0) is 14.9 Å². The summed E-state index contributed by atoms with van der Waals surface area (Å²) in [6, 6.07) is 5.37. The van der Waals surface area contributed by atoms with Crippen molar-refractivity contribution in [3.8, 4) is 6.07 Å². The van der Waals surface area contributed by atoms with Gasteiger partial charge in [0.05, 0.1) is 24.5 Å². The number of pyridine rings is 1. The zero-order valence-electron chi connectivity index (χ0n) is 11.3. The zero-order chi connectivity index (χ0) is 14.1. The Morgan fingerprint density at radius 1 is 1.35 bits per heavy atom. The molecular weight excluding hydrogens is 259 g/mol. The quantitative estimate of drug-likeness (QED) is 0.832. The highest BCUT2D eigenvalue weighted by Gasteiger charge is 2.49. The number of hydrogen-bond acceptors (Lipinski definition) is 4. The molecule has 0 radical (unpaired) electrons. The van der Waals surface area contributed by atoms with Crippen LogP contribution >= 0.6 is 0 Å². The van der Waals surface area contributed by atoms with Crippen molar-refractivity contribution in [3.63, 3.8) is 0 Å². The van der Waals surface area contributed by atoms with E-state index >= 15 is 0 Å². The number of nitriles is 1. The second-order valence-corrected chi connectivity index (χ2v) is 5.74. The molecule has 2 fully saturated rings. The molecule has 0 aromatic carbocycles. The zero-order valence-corrected chi connectivity index (χ0v) is 11.3. The van der Waals surface area contributed by atoms with Gasteiger partial charge in [0.2, 0.25) is 0 Å². The summed E-state index contributed by atoms with van der Waals surface area (Å²) in [5.41, 5.74) is 0.134. The van der Waals surface area contributed by atoms with Gasteiger partial charge in [0, 0.05) is 37.2 Å². The van der Waals surface area contributed by atoms with Crippen molar-refractivity contribution >= 4 is 0 Å². The summed E-state index contributed by atoms with van der Waals surface area (Å²) in [4.78, 5) is 4.22. The van der Waals surface area contributed by atoms with Crippen LogP contribution in [0, 0.1) is 17.1 Å². The molecule has 2 aliphatic rings. The molecule has 0 aliphatic carbocycles. The van der Waals surface area contributed by atoms with Gasteiger partial charge in [0.1, 0.15) is 5.82 Å². The highest BCUT2D eigenvalue weighted by Crippen LogP contribution is 2.46. The Morgan fingerprint density at radius 2 is 2.25 bits per heavy atom. The standard InChI is InChI=1S/C15H17FN2O2/c16-12-1-2-13(18-9-12)14(3-6-17)4-8-20-15(10-14)5-7-19-11-15/h1-2,9H,3-5,7-8,10-11H2/t14-,15-/m0/s1. The van der Waals surface area contributed by atoms with Gasteiger partial charge < -0.3 is 9.47 Å². The Morgan fingerprint density at radius 3 is 2.90 bits per heavy atom. The van der Waals surface area contributed by atoms with Crippen molar-refractivity contribution < 1.29 is 13.9 Å². The lowest BCUT2D eigenvalue weighted by Crippen LogP contribution is -2.48. The van der Waals surface area contributed by atoms with Gasteiger partial charge in [-0.2, -0.15) is 5.26 Å². The minimum Gasteiger partial charge on any atom is -0.378 e. The van der Waals surface area contributed by atoms with Gasteiger partial charge in [-0.25, -0.2) is 4.39 Å². The monoisotopic (exact) mass is 276 g/mol. The van der Waals surface area contributed by atoms with Crippen LogP contribution in [0.25, 0.3) is 0 Å². The SMILES string of the molecule is N#CC[C@]1(c2ccc(F)cn2)CCO[C@@]2(CCOC2)C1. The van der Waals surface area contributed by atoms with Crippen LogP contribution in [-0.4, -0.2) is 30.4 Å². The first-order valence-corrected chi connectivity index (χ1v) is 6.89. The highest BCUT2D eigenvalue weighted by atomic mass is 19.1. The van der Waals surface area contributed by atoms with Crippen molar-refractivity contribution in [2.24, 2.45) is 0 Å². The van der Waals surface area contributed by atoms with Crippen LogP contribution in [0.5, 0.6) is 0 Å². The molecule has 1 aromatic heterocycles. The first kappa shape index (κ1) is 13.5. The number of hydrogen-bond donors (Lipinski definition) is 0. The molecule has 0 bridgehead atoms. The van der Waals surface area contributed by atoms with Gasteiger partial charge in [0.25, 0.3) is 0 Å². The fourth-order valence-corrected chi connectivity index (χ4v) is 3.36. The van der Waals surface area contributed by atoms with Crippen LogP contribution in [0.4, 0.5) is 4.39 Å². The fraction of sp³-hybridized carbons (Fsp3) is 0.600. The van der Waals surface area contributed by atoms with E-state index in [1.165, 1.54) is 12.3 Å². The predicted octanol–water partition coefficient (Wildman–Crippen LogP) is 2.34. The number of ether oxygens (including phenoxy) is 2. The van der Waals surface area contributed by atoms with E-state index in [4.69, 9.17) is 9.47 Å². The Bertz CT molecular complexity index is 520. The van der Waals surface area contributed by atoms with E-state index in [1.807, 2.05) is 0 Å². The summed E-state index contributed by atoms with van der Waals surface area (Å²) >= 11 is 0. The Kier molecular flexibility index (Phi) is 3.45. The lowest BCUT2D eigenvalue weighted by molar-refractivity contribution is -0.107. The molecule has 1 spiro atoms. The predicted molar refractivity (Wildman–Crippen MR) is 69.5 cm³/mol. The molecule has 0 unspecified atom stereocenters. The van der Waals surface area contributed by atoms with Crippen molar-refractivity contribution in [2.75, 3.05) is 19.8 Å². The molecule has 20 heavy (non-hydrogen) atoms. The number of halogens is 1. The Labute approximate surface area is 117 Å². The third kappa shape index (κ3) is 2.30. The minimum atomic E-state index is -0.355. The van der Waals surface area contributed by atoms with Crippen LogP contribution in [0.1, 0.15) is 31.4 Å². The summed E-state index contributed by atoms with van der Waals surface area (Å²) < 4.78 is 24.5. The molecule has 106 valence electrons. The van der Waals surface area contributed by atoms with Gasteiger partial charge in [-0.15, -0.1) is 0 Å². The van der Waals surface area contributed by atoms with Crippen molar-refractivity contribution in [3.05, 3.63) is 29.8 Å². The van der Waals surface area contributed by atoms with Crippen molar-refractivity contribution in [1.29, 1.82) is 5.26 Å². The first-order chi connectivity index (χ1) is 9.68. The van der Waals surface area contributed by atoms with Crippen molar-refractivity contribution in [2.45, 2.75) is 36.7 Å². The average molecular weight is 276 g/mol. The largest absolute Gasteiger partial charge is 0.378 e. The molecule has 0 N–H and O–H groups in total. The molecular formula is C15H17FN2O2. The van der Waals surface area contributed by atoms with Crippen LogP contribution < -0.4 is 0 Å². The second-order valence-electron chi connectivity index (χ2n) is 5.74. The molecule has 4 nitrogen and oxygen atoms in total. The van der Waals surface area contributed by atoms with E-state index in [0.29, 0.717) is 32.7 Å². The maximum absolute atomic E-state index is 13.1. The third-order valence-corrected chi connectivity index (χ3v) is 4.40. The summed E-state index contributed by atoms with van der Waals surface area (Å²) in [5.74, 6) is -0.355. The van der Waals surface area contributed by atoms with Gasteiger partial charge >= 0.3 is 0 Å². The van der Waals surface area contributed by atoms with E-state index in [1.54, 1.807) is 6.07 Å². The van der Waals surface area contributed by atoms with E-state index in [2.05, 4.69) is 11.1 Å². The van der Waals surface area contributed by atoms with E-state index < -0.39 is 0 Å². The smallest absolute Gasteiger partial charge is 0.141 e. The number of aromatic nitrogens is 1. The van der Waals surface area contributed by atoms with E-state index in [0.717, 1.165) is 18.5 Å². The van der Waals surface area contributed by atoms with E-state index in [-0.39, 0.29) is 16.8 Å². The molecule has 1 aromatic rings. The fourth-order valence-electron chi connectivity index (χ4n) is 3.36. The normalized spacial score (nSPS) is 33.2. The summed E-state index contributed by atoms with van der Waals surface area (Å²) in [6.07, 6.45) is 3.90. The van der Waals surface area contributed by atoms with Gasteiger partial charge in [0.15, 0.2) is 0 Å². The maximum atomic E-state index is 13.1.